The summed E-state index contributed by atoms with van der Waals surface area (Å²) in [6.07, 6.45) is 4.23. The molecule has 1 aliphatic carbocycles. The zero-order valence-electron chi connectivity index (χ0n) is 12.9. The van der Waals surface area contributed by atoms with Crippen molar-refractivity contribution in [2.24, 2.45) is 0 Å². The minimum atomic E-state index is -1.11. The standard InChI is InChI=1S/C17H19NO5/c1-22-12-4-5-13-11(10-23-14(13)9-12)8-15(19)18-17(16(20)21)6-2-3-7-17/h4-5,9-10H,2-3,6-8H2,1H3,(H,18,19)(H,20,21). The van der Waals surface area contributed by atoms with Gasteiger partial charge in [-0.3, -0.25) is 4.79 Å². The number of aliphatic carboxylic acids is 1. The number of carbonyl (C=O) groups is 2. The Morgan fingerprint density at radius 3 is 2.74 bits per heavy atom. The number of carbonyl (C=O) groups excluding carboxylic acids is 1. The molecule has 23 heavy (non-hydrogen) atoms. The molecule has 1 aromatic heterocycles. The van der Waals surface area contributed by atoms with Crippen LogP contribution in [0.5, 0.6) is 5.75 Å². The number of benzene rings is 1. The topological polar surface area (TPSA) is 88.8 Å². The van der Waals surface area contributed by atoms with Crippen LogP contribution in [0.25, 0.3) is 11.0 Å². The third-order valence-corrected chi connectivity index (χ3v) is 4.46. The molecule has 0 radical (unpaired) electrons. The van der Waals surface area contributed by atoms with Crippen LogP contribution in [0.2, 0.25) is 0 Å². The molecule has 2 N–H and O–H groups in total. The maximum atomic E-state index is 12.3. The summed E-state index contributed by atoms with van der Waals surface area (Å²) in [4.78, 5) is 23.8. The summed E-state index contributed by atoms with van der Waals surface area (Å²) < 4.78 is 10.6. The molecule has 6 heteroatoms. The van der Waals surface area contributed by atoms with Crippen molar-refractivity contribution in [2.75, 3.05) is 7.11 Å². The van der Waals surface area contributed by atoms with E-state index in [9.17, 15) is 14.7 Å². The van der Waals surface area contributed by atoms with Crippen molar-refractivity contribution in [3.8, 4) is 5.75 Å². The van der Waals surface area contributed by atoms with Crippen LogP contribution in [0.15, 0.2) is 28.9 Å². The molecule has 1 fully saturated rings. The van der Waals surface area contributed by atoms with Gasteiger partial charge in [0.25, 0.3) is 0 Å². The second-order valence-electron chi connectivity index (χ2n) is 5.94. The van der Waals surface area contributed by atoms with Gasteiger partial charge in [0.15, 0.2) is 0 Å². The van der Waals surface area contributed by atoms with Crippen LogP contribution < -0.4 is 10.1 Å². The minimum Gasteiger partial charge on any atom is -0.497 e. The predicted octanol–water partition coefficient (Wildman–Crippen LogP) is 2.50. The van der Waals surface area contributed by atoms with E-state index in [2.05, 4.69) is 5.32 Å². The summed E-state index contributed by atoms with van der Waals surface area (Å²) in [7, 11) is 1.57. The van der Waals surface area contributed by atoms with Crippen molar-refractivity contribution in [3.63, 3.8) is 0 Å². The molecule has 1 amide bonds. The number of methoxy groups -OCH3 is 1. The number of hydrogen-bond donors (Lipinski definition) is 2. The third kappa shape index (κ3) is 2.88. The Morgan fingerprint density at radius 2 is 2.09 bits per heavy atom. The van der Waals surface area contributed by atoms with Gasteiger partial charge in [-0.05, 0) is 25.0 Å². The fraction of sp³-hybridized carbons (Fsp3) is 0.412. The summed E-state index contributed by atoms with van der Waals surface area (Å²) in [5.74, 6) is -0.573. The summed E-state index contributed by atoms with van der Waals surface area (Å²) in [6, 6.07) is 5.39. The van der Waals surface area contributed by atoms with E-state index in [1.165, 1.54) is 6.26 Å². The van der Waals surface area contributed by atoms with E-state index in [1.54, 1.807) is 19.2 Å². The predicted molar refractivity (Wildman–Crippen MR) is 83.4 cm³/mol. The van der Waals surface area contributed by atoms with Gasteiger partial charge in [-0.2, -0.15) is 0 Å². The molecule has 1 heterocycles. The highest BCUT2D eigenvalue weighted by Gasteiger charge is 2.42. The first-order valence-electron chi connectivity index (χ1n) is 7.62. The van der Waals surface area contributed by atoms with Crippen molar-refractivity contribution < 1.29 is 23.8 Å². The van der Waals surface area contributed by atoms with Crippen molar-refractivity contribution in [3.05, 3.63) is 30.0 Å². The molecule has 3 rings (SSSR count). The van der Waals surface area contributed by atoms with Gasteiger partial charge >= 0.3 is 5.97 Å². The quantitative estimate of drug-likeness (QED) is 0.884. The van der Waals surface area contributed by atoms with Gasteiger partial charge in [0.05, 0.1) is 19.8 Å². The Labute approximate surface area is 133 Å². The first-order valence-corrected chi connectivity index (χ1v) is 7.62. The van der Waals surface area contributed by atoms with Crippen LogP contribution in [-0.2, 0) is 16.0 Å². The van der Waals surface area contributed by atoms with Crippen molar-refractivity contribution in [2.45, 2.75) is 37.6 Å². The molecular weight excluding hydrogens is 298 g/mol. The maximum absolute atomic E-state index is 12.3. The molecule has 2 aromatic rings. The minimum absolute atomic E-state index is 0.0916. The first kappa shape index (κ1) is 15.4. The van der Waals surface area contributed by atoms with Gasteiger partial charge in [0, 0.05) is 17.0 Å². The number of furan rings is 1. The molecule has 0 unspecified atom stereocenters. The lowest BCUT2D eigenvalue weighted by atomic mass is 9.97. The van der Waals surface area contributed by atoms with Crippen LogP contribution in [0.3, 0.4) is 0 Å². The van der Waals surface area contributed by atoms with E-state index >= 15 is 0 Å². The van der Waals surface area contributed by atoms with Crippen LogP contribution in [0, 0.1) is 0 Å². The number of carboxylic acids is 1. The molecule has 0 atom stereocenters. The number of rotatable bonds is 5. The largest absolute Gasteiger partial charge is 0.497 e. The van der Waals surface area contributed by atoms with E-state index in [0.717, 1.165) is 23.8 Å². The van der Waals surface area contributed by atoms with Crippen molar-refractivity contribution in [1.29, 1.82) is 0 Å². The van der Waals surface area contributed by atoms with Crippen LogP contribution in [0.4, 0.5) is 0 Å². The summed E-state index contributed by atoms with van der Waals surface area (Å²) >= 11 is 0. The normalized spacial score (nSPS) is 16.4. The summed E-state index contributed by atoms with van der Waals surface area (Å²) in [5.41, 5.74) is 0.263. The van der Waals surface area contributed by atoms with E-state index in [-0.39, 0.29) is 12.3 Å². The second-order valence-corrected chi connectivity index (χ2v) is 5.94. The molecule has 122 valence electrons. The van der Waals surface area contributed by atoms with Gasteiger partial charge in [0.1, 0.15) is 16.9 Å². The molecule has 1 aromatic carbocycles. The molecule has 1 saturated carbocycles. The number of carboxylic acid groups (broad SMARTS) is 1. The Balaban J connectivity index is 1.76. The third-order valence-electron chi connectivity index (χ3n) is 4.46. The molecule has 1 aliphatic rings. The molecule has 0 aliphatic heterocycles. The Bertz CT molecular complexity index is 743. The van der Waals surface area contributed by atoms with Gasteiger partial charge in [-0.25, -0.2) is 4.79 Å². The highest BCUT2D eigenvalue weighted by molar-refractivity contribution is 5.91. The molecular formula is C17H19NO5. The number of nitrogens with one attached hydrogen (secondary N) is 1. The van der Waals surface area contributed by atoms with Crippen LogP contribution in [0.1, 0.15) is 31.2 Å². The number of fused-ring (bicyclic) bond motifs is 1. The summed E-state index contributed by atoms with van der Waals surface area (Å²) in [5, 5.41) is 13.0. The molecule has 6 nitrogen and oxygen atoms in total. The van der Waals surface area contributed by atoms with E-state index in [4.69, 9.17) is 9.15 Å². The van der Waals surface area contributed by atoms with Gasteiger partial charge in [-0.1, -0.05) is 12.8 Å². The zero-order valence-corrected chi connectivity index (χ0v) is 12.9. The smallest absolute Gasteiger partial charge is 0.329 e. The van der Waals surface area contributed by atoms with Gasteiger partial charge in [-0.15, -0.1) is 0 Å². The lowest BCUT2D eigenvalue weighted by Gasteiger charge is -2.25. The SMILES string of the molecule is COc1ccc2c(CC(=O)NC3(C(=O)O)CCCC3)coc2c1. The van der Waals surface area contributed by atoms with E-state index in [0.29, 0.717) is 24.2 Å². The highest BCUT2D eigenvalue weighted by Crippen LogP contribution is 2.30. The van der Waals surface area contributed by atoms with Gasteiger partial charge < -0.3 is 19.6 Å². The number of amides is 1. The van der Waals surface area contributed by atoms with Gasteiger partial charge in [0.2, 0.25) is 5.91 Å². The van der Waals surface area contributed by atoms with E-state index in [1.807, 2.05) is 6.07 Å². The molecule has 0 spiro atoms. The van der Waals surface area contributed by atoms with E-state index < -0.39 is 11.5 Å². The van der Waals surface area contributed by atoms with Crippen LogP contribution >= 0.6 is 0 Å². The van der Waals surface area contributed by atoms with Crippen molar-refractivity contribution >= 4 is 22.8 Å². The number of ether oxygens (including phenoxy) is 1. The average Bonchev–Trinajstić information content (AvgIpc) is 3.15. The fourth-order valence-corrected chi connectivity index (χ4v) is 3.18. The number of hydrogen-bond acceptors (Lipinski definition) is 4. The molecule has 0 saturated heterocycles. The van der Waals surface area contributed by atoms with Crippen molar-refractivity contribution in [1.82, 2.24) is 5.32 Å². The highest BCUT2D eigenvalue weighted by atomic mass is 16.5. The summed E-state index contributed by atoms with van der Waals surface area (Å²) in [6.45, 7) is 0. The molecule has 0 bridgehead atoms. The monoisotopic (exact) mass is 317 g/mol. The first-order chi connectivity index (χ1) is 11.0. The Hall–Kier alpha value is -2.50. The second kappa shape index (κ2) is 5.95. The lowest BCUT2D eigenvalue weighted by Crippen LogP contribution is -2.52. The van der Waals surface area contributed by atoms with Crippen LogP contribution in [-0.4, -0.2) is 29.6 Å². The zero-order chi connectivity index (χ0) is 16.4. The maximum Gasteiger partial charge on any atom is 0.329 e. The Morgan fingerprint density at radius 1 is 1.35 bits per heavy atom. The Kier molecular flexibility index (Phi) is 3.98. The average molecular weight is 317 g/mol. The fourth-order valence-electron chi connectivity index (χ4n) is 3.18. The lowest BCUT2D eigenvalue weighted by molar-refractivity contribution is -0.147.